The van der Waals surface area contributed by atoms with E-state index in [1.54, 1.807) is 0 Å². The monoisotopic (exact) mass is 1390 g/mol. The number of esters is 4. The number of aliphatic hydroxyl groups excluding tert-OH is 1. The summed E-state index contributed by atoms with van der Waals surface area (Å²) in [5.74, 6) is 0.125. The molecule has 19 heteroatoms. The summed E-state index contributed by atoms with van der Waals surface area (Å²) in [5, 5.41) is 10.6. The van der Waals surface area contributed by atoms with Crippen LogP contribution in [0, 0.1) is 17.8 Å². The van der Waals surface area contributed by atoms with E-state index < -0.39 is 97.5 Å². The molecule has 0 radical (unpaired) electrons. The largest absolute Gasteiger partial charge is 0.472 e. The third-order valence-corrected chi connectivity index (χ3v) is 19.3. The quantitative estimate of drug-likeness (QED) is 0.0169. The lowest BCUT2D eigenvalue weighted by Crippen LogP contribution is -2.30. The van der Waals surface area contributed by atoms with Gasteiger partial charge in [-0.2, -0.15) is 0 Å². The first-order valence-corrected chi connectivity index (χ1v) is 41.7. The first-order chi connectivity index (χ1) is 45.8. The van der Waals surface area contributed by atoms with Crippen molar-refractivity contribution in [2.24, 2.45) is 17.8 Å². The van der Waals surface area contributed by atoms with Crippen LogP contribution in [-0.4, -0.2) is 96.7 Å². The Morgan fingerprint density at radius 2 is 0.621 bits per heavy atom. The van der Waals surface area contributed by atoms with Crippen molar-refractivity contribution in [3.05, 3.63) is 24.3 Å². The average molecular weight is 1390 g/mol. The molecular weight excluding hydrogens is 1250 g/mol. The number of unbranched alkanes of at least 4 members (excludes halogenated alkanes) is 36. The number of phosphoric ester groups is 2. The van der Waals surface area contributed by atoms with Crippen LogP contribution in [-0.2, 0) is 65.4 Å². The molecule has 6 atom stereocenters. The maximum Gasteiger partial charge on any atom is 0.472 e. The Morgan fingerprint density at radius 1 is 0.347 bits per heavy atom. The van der Waals surface area contributed by atoms with Crippen LogP contribution >= 0.6 is 15.6 Å². The molecule has 0 aromatic rings. The highest BCUT2D eigenvalue weighted by Gasteiger charge is 2.30. The molecule has 17 nitrogen and oxygen atoms in total. The number of rotatable bonds is 72. The number of ether oxygens (including phenoxy) is 4. The molecule has 0 aromatic carbocycles. The van der Waals surface area contributed by atoms with Gasteiger partial charge in [-0.15, -0.1) is 0 Å². The SMILES string of the molecule is CCCCCC/C=C\C=C/CCCCCCCC(=O)O[C@H](COC(=O)CCCCCCCCC(C)C)COP(=O)(O)OC[C@H](O)COP(=O)(O)OC[C@@H](COC(=O)CCCCCCCCCCCCCCCCC(C)C)OC(=O)CCCCCCCCCCCCC(C)CC. The number of aliphatic hydroxyl groups is 1. The molecular formula is C76H144O17P2. The van der Waals surface area contributed by atoms with Crippen LogP contribution in [0.5, 0.6) is 0 Å². The lowest BCUT2D eigenvalue weighted by molar-refractivity contribution is -0.161. The van der Waals surface area contributed by atoms with Crippen molar-refractivity contribution in [2.45, 2.75) is 381 Å². The highest BCUT2D eigenvalue weighted by Crippen LogP contribution is 2.45. The van der Waals surface area contributed by atoms with Crippen molar-refractivity contribution in [1.82, 2.24) is 0 Å². The number of hydrogen-bond acceptors (Lipinski definition) is 15. The van der Waals surface area contributed by atoms with Crippen LogP contribution in [0.15, 0.2) is 24.3 Å². The van der Waals surface area contributed by atoms with Gasteiger partial charge in [0.2, 0.25) is 0 Å². The van der Waals surface area contributed by atoms with E-state index in [0.717, 1.165) is 121 Å². The van der Waals surface area contributed by atoms with Crippen molar-refractivity contribution >= 4 is 39.5 Å². The van der Waals surface area contributed by atoms with Crippen molar-refractivity contribution in [3.63, 3.8) is 0 Å². The van der Waals surface area contributed by atoms with Crippen molar-refractivity contribution in [3.8, 4) is 0 Å². The van der Waals surface area contributed by atoms with E-state index in [9.17, 15) is 43.2 Å². The minimum atomic E-state index is -4.96. The molecule has 0 aliphatic heterocycles. The Balaban J connectivity index is 5.27. The molecule has 0 aliphatic carbocycles. The molecule has 3 N–H and O–H groups in total. The van der Waals surface area contributed by atoms with Gasteiger partial charge in [0.15, 0.2) is 12.2 Å². The molecule has 0 spiro atoms. The maximum atomic E-state index is 13.1. The lowest BCUT2D eigenvalue weighted by Gasteiger charge is -2.21. The van der Waals surface area contributed by atoms with Gasteiger partial charge in [0.05, 0.1) is 26.4 Å². The second-order valence-electron chi connectivity index (χ2n) is 27.9. The first-order valence-electron chi connectivity index (χ1n) is 38.7. The van der Waals surface area contributed by atoms with E-state index in [1.807, 2.05) is 0 Å². The topological polar surface area (TPSA) is 237 Å². The summed E-state index contributed by atoms with van der Waals surface area (Å²) in [6.07, 6.45) is 55.0. The van der Waals surface area contributed by atoms with Gasteiger partial charge in [0.25, 0.3) is 0 Å². The van der Waals surface area contributed by atoms with E-state index >= 15 is 0 Å². The number of carbonyl (C=O) groups is 4. The summed E-state index contributed by atoms with van der Waals surface area (Å²) < 4.78 is 68.4. The summed E-state index contributed by atoms with van der Waals surface area (Å²) in [6.45, 7) is 11.8. The standard InChI is InChI=1S/C76H144O17P2/c1-8-10-11-12-13-14-15-16-17-22-25-31-36-45-52-59-75(80)93-72(64-87-74(79)58-51-44-39-38-41-48-55-68(5)6)66-91-95(84,85)89-62-70(77)61-88-94(82,83)90-65-71(92-76(81)60-53-46-37-32-27-26-29-34-42-49-56-69(7)9-2)63-86-73(78)57-50-43-35-30-24-21-19-18-20-23-28-33-40-47-54-67(3)4/h14-17,67-72,77H,8-13,18-66H2,1-7H3,(H,82,83)(H,84,85)/b15-14-,17-16-/t69?,70-,71-,72-/m1/s1. The number of allylic oxidation sites excluding steroid dienone is 4. The van der Waals surface area contributed by atoms with E-state index in [4.69, 9.17) is 37.0 Å². The summed E-state index contributed by atoms with van der Waals surface area (Å²) in [5.41, 5.74) is 0. The molecule has 95 heavy (non-hydrogen) atoms. The lowest BCUT2D eigenvalue weighted by atomic mass is 9.99. The predicted molar refractivity (Wildman–Crippen MR) is 386 cm³/mol. The molecule has 0 heterocycles. The normalized spacial score (nSPS) is 14.5. The number of phosphoric acid groups is 2. The van der Waals surface area contributed by atoms with Crippen LogP contribution in [0.4, 0.5) is 0 Å². The van der Waals surface area contributed by atoms with Gasteiger partial charge in [-0.25, -0.2) is 9.13 Å². The smallest absolute Gasteiger partial charge is 0.462 e. The molecule has 0 saturated carbocycles. The summed E-state index contributed by atoms with van der Waals surface area (Å²) in [7, 11) is -9.92. The van der Waals surface area contributed by atoms with Gasteiger partial charge in [-0.05, 0) is 69.1 Å². The van der Waals surface area contributed by atoms with Crippen LogP contribution in [0.25, 0.3) is 0 Å². The molecule has 0 saturated heterocycles. The Labute approximate surface area is 580 Å². The van der Waals surface area contributed by atoms with Crippen molar-refractivity contribution < 1.29 is 80.2 Å². The average Bonchev–Trinajstić information content (AvgIpc) is 1.94. The highest BCUT2D eigenvalue weighted by molar-refractivity contribution is 7.47. The van der Waals surface area contributed by atoms with Gasteiger partial charge < -0.3 is 33.8 Å². The Morgan fingerprint density at radius 3 is 0.937 bits per heavy atom. The van der Waals surface area contributed by atoms with E-state index in [0.29, 0.717) is 31.6 Å². The van der Waals surface area contributed by atoms with Gasteiger partial charge in [0, 0.05) is 25.7 Å². The zero-order valence-electron chi connectivity index (χ0n) is 61.6. The molecule has 0 aliphatic rings. The van der Waals surface area contributed by atoms with Crippen molar-refractivity contribution in [1.29, 1.82) is 0 Å². The van der Waals surface area contributed by atoms with Crippen LogP contribution in [0.2, 0.25) is 0 Å². The summed E-state index contributed by atoms with van der Waals surface area (Å²) in [6, 6.07) is 0. The fraction of sp³-hybridized carbons (Fsp3) is 0.895. The van der Waals surface area contributed by atoms with Gasteiger partial charge >= 0.3 is 39.5 Å². The van der Waals surface area contributed by atoms with Crippen LogP contribution in [0.1, 0.15) is 363 Å². The van der Waals surface area contributed by atoms with E-state index in [-0.39, 0.29) is 25.7 Å². The minimum absolute atomic E-state index is 0.0837. The Kier molecular flexibility index (Phi) is 64.4. The number of carbonyl (C=O) groups excluding carboxylic acids is 4. The zero-order valence-corrected chi connectivity index (χ0v) is 63.4. The Bertz CT molecular complexity index is 1950. The molecule has 0 aromatic heterocycles. The van der Waals surface area contributed by atoms with Crippen LogP contribution < -0.4 is 0 Å². The molecule has 560 valence electrons. The number of hydrogen-bond donors (Lipinski definition) is 3. The third kappa shape index (κ3) is 68.5. The minimum Gasteiger partial charge on any atom is -0.462 e. The van der Waals surface area contributed by atoms with Gasteiger partial charge in [-0.3, -0.25) is 37.3 Å². The fourth-order valence-corrected chi connectivity index (χ4v) is 12.6. The Hall–Kier alpha value is -2.46. The predicted octanol–water partition coefficient (Wildman–Crippen LogP) is 21.7. The molecule has 0 rings (SSSR count). The molecule has 3 unspecified atom stereocenters. The van der Waals surface area contributed by atoms with Gasteiger partial charge in [0.1, 0.15) is 19.3 Å². The van der Waals surface area contributed by atoms with E-state index in [1.165, 1.54) is 154 Å². The maximum absolute atomic E-state index is 13.1. The second-order valence-corrected chi connectivity index (χ2v) is 30.8. The van der Waals surface area contributed by atoms with Crippen LogP contribution in [0.3, 0.4) is 0 Å². The van der Waals surface area contributed by atoms with Crippen molar-refractivity contribution in [2.75, 3.05) is 39.6 Å². The second kappa shape index (κ2) is 66.1. The fourth-order valence-electron chi connectivity index (χ4n) is 11.0. The first kappa shape index (κ1) is 92.5. The third-order valence-electron chi connectivity index (χ3n) is 17.4. The molecule has 0 amide bonds. The zero-order chi connectivity index (χ0) is 70.1. The molecule has 0 bridgehead atoms. The summed E-state index contributed by atoms with van der Waals surface area (Å²) >= 11 is 0. The highest BCUT2D eigenvalue weighted by atomic mass is 31.2. The summed E-state index contributed by atoms with van der Waals surface area (Å²) in [4.78, 5) is 72.8. The van der Waals surface area contributed by atoms with Gasteiger partial charge in [-0.1, -0.05) is 310 Å². The molecule has 0 fully saturated rings. The van der Waals surface area contributed by atoms with E-state index in [2.05, 4.69) is 72.8 Å².